The van der Waals surface area contributed by atoms with Crippen LogP contribution in [0.25, 0.3) is 0 Å². The lowest BCUT2D eigenvalue weighted by Gasteiger charge is -2.15. The molecule has 0 rings (SSSR count). The number of rotatable bonds is 7. The van der Waals surface area contributed by atoms with Crippen LogP contribution < -0.4 is 5.73 Å². The number of carbonyl (C=O) groups is 1. The highest BCUT2D eigenvalue weighted by molar-refractivity contribution is 5.73. The topological polar surface area (TPSA) is 61.5 Å². The van der Waals surface area contributed by atoms with Gasteiger partial charge in [0.25, 0.3) is 0 Å². The summed E-state index contributed by atoms with van der Waals surface area (Å²) in [6.45, 7) is 4.94. The molecule has 4 heteroatoms. The molecule has 0 radical (unpaired) electrons. The van der Waals surface area contributed by atoms with Crippen molar-refractivity contribution >= 4 is 5.91 Å². The Morgan fingerprint density at radius 3 is 2.17 bits per heavy atom. The first-order valence-electron chi connectivity index (χ1n) is 4.22. The number of ether oxygens (including phenoxy) is 2. The average molecular weight is 175 g/mol. The van der Waals surface area contributed by atoms with Crippen LogP contribution in [0, 0.1) is 0 Å². The Labute approximate surface area is 73.0 Å². The van der Waals surface area contributed by atoms with Crippen LogP contribution in [0.1, 0.15) is 26.7 Å². The molecule has 0 saturated heterocycles. The van der Waals surface area contributed by atoms with Gasteiger partial charge in [-0.2, -0.15) is 0 Å². The largest absolute Gasteiger partial charge is 0.370 e. The third-order valence-electron chi connectivity index (χ3n) is 1.33. The minimum Gasteiger partial charge on any atom is -0.370 e. The molecule has 0 unspecified atom stereocenters. The minimum atomic E-state index is -0.320. The third kappa shape index (κ3) is 6.12. The highest BCUT2D eigenvalue weighted by Gasteiger charge is 2.08. The SMILES string of the molecule is CCOC(CCC(N)=O)OCC. The fourth-order valence-electron chi connectivity index (χ4n) is 0.847. The maximum Gasteiger partial charge on any atom is 0.217 e. The minimum absolute atomic E-state index is 0.285. The van der Waals surface area contributed by atoms with Crippen molar-refractivity contribution < 1.29 is 14.3 Å². The first-order chi connectivity index (χ1) is 5.70. The molecule has 12 heavy (non-hydrogen) atoms. The van der Waals surface area contributed by atoms with Crippen molar-refractivity contribution in [2.24, 2.45) is 5.73 Å². The predicted octanol–water partition coefficient (Wildman–Crippen LogP) is 0.651. The van der Waals surface area contributed by atoms with Gasteiger partial charge in [0.05, 0.1) is 0 Å². The van der Waals surface area contributed by atoms with Crippen molar-refractivity contribution in [1.82, 2.24) is 0 Å². The summed E-state index contributed by atoms with van der Waals surface area (Å²) in [4.78, 5) is 10.4. The summed E-state index contributed by atoms with van der Waals surface area (Å²) in [6, 6.07) is 0. The van der Waals surface area contributed by atoms with E-state index in [-0.39, 0.29) is 12.2 Å². The Bertz CT molecular complexity index is 121. The first-order valence-corrected chi connectivity index (χ1v) is 4.22. The quantitative estimate of drug-likeness (QED) is 0.578. The van der Waals surface area contributed by atoms with Crippen LogP contribution in [-0.2, 0) is 14.3 Å². The fourth-order valence-corrected chi connectivity index (χ4v) is 0.847. The zero-order chi connectivity index (χ0) is 9.40. The summed E-state index contributed by atoms with van der Waals surface area (Å²) in [5.74, 6) is -0.320. The molecule has 0 aromatic rings. The Morgan fingerprint density at radius 1 is 1.33 bits per heavy atom. The zero-order valence-electron chi connectivity index (χ0n) is 7.71. The molecule has 0 aliphatic carbocycles. The molecule has 1 amide bonds. The van der Waals surface area contributed by atoms with Gasteiger partial charge in [-0.1, -0.05) is 0 Å². The molecule has 0 bridgehead atoms. The van der Waals surface area contributed by atoms with E-state index in [0.29, 0.717) is 26.1 Å². The second kappa shape index (κ2) is 7.06. The van der Waals surface area contributed by atoms with Crippen LogP contribution in [0.4, 0.5) is 0 Å². The summed E-state index contributed by atoms with van der Waals surface area (Å²) in [5, 5.41) is 0. The van der Waals surface area contributed by atoms with Crippen LogP contribution in [0.15, 0.2) is 0 Å². The van der Waals surface area contributed by atoms with Gasteiger partial charge in [-0.15, -0.1) is 0 Å². The molecule has 72 valence electrons. The molecule has 4 nitrogen and oxygen atoms in total. The lowest BCUT2D eigenvalue weighted by Crippen LogP contribution is -2.21. The van der Waals surface area contributed by atoms with Crippen LogP contribution in [0.3, 0.4) is 0 Å². The monoisotopic (exact) mass is 175 g/mol. The lowest BCUT2D eigenvalue weighted by atomic mass is 10.3. The molecule has 0 aromatic heterocycles. The lowest BCUT2D eigenvalue weighted by molar-refractivity contribution is -0.144. The van der Waals surface area contributed by atoms with Crippen LogP contribution in [-0.4, -0.2) is 25.4 Å². The molecule has 0 heterocycles. The molecule has 0 aliphatic heterocycles. The van der Waals surface area contributed by atoms with E-state index in [2.05, 4.69) is 0 Å². The number of carbonyl (C=O) groups excluding carboxylic acids is 1. The molecular formula is C8H17NO3. The number of nitrogens with two attached hydrogens (primary N) is 1. The van der Waals surface area contributed by atoms with Gasteiger partial charge in [0.15, 0.2) is 6.29 Å². The molecule has 0 aromatic carbocycles. The van der Waals surface area contributed by atoms with Crippen molar-refractivity contribution in [2.75, 3.05) is 13.2 Å². The summed E-state index contributed by atoms with van der Waals surface area (Å²) in [7, 11) is 0. The number of amides is 1. The second-order valence-corrected chi connectivity index (χ2v) is 2.35. The first kappa shape index (κ1) is 11.4. The second-order valence-electron chi connectivity index (χ2n) is 2.35. The summed E-state index contributed by atoms with van der Waals surface area (Å²) < 4.78 is 10.4. The average Bonchev–Trinajstić information content (AvgIpc) is 2.01. The summed E-state index contributed by atoms with van der Waals surface area (Å²) in [6.07, 6.45) is 0.564. The van der Waals surface area contributed by atoms with Crippen molar-refractivity contribution in [2.45, 2.75) is 33.0 Å². The Morgan fingerprint density at radius 2 is 1.83 bits per heavy atom. The van der Waals surface area contributed by atoms with Gasteiger partial charge in [-0.25, -0.2) is 0 Å². The van der Waals surface area contributed by atoms with Gasteiger partial charge >= 0.3 is 0 Å². The van der Waals surface area contributed by atoms with Gasteiger partial charge in [-0.3, -0.25) is 4.79 Å². The van der Waals surface area contributed by atoms with Gasteiger partial charge in [0.2, 0.25) is 5.91 Å². The van der Waals surface area contributed by atoms with Crippen LogP contribution in [0.5, 0.6) is 0 Å². The van der Waals surface area contributed by atoms with Crippen molar-refractivity contribution in [1.29, 1.82) is 0 Å². The van der Waals surface area contributed by atoms with Crippen LogP contribution in [0.2, 0.25) is 0 Å². The number of primary amides is 1. The van der Waals surface area contributed by atoms with Crippen molar-refractivity contribution in [3.8, 4) is 0 Å². The third-order valence-corrected chi connectivity index (χ3v) is 1.33. The van der Waals surface area contributed by atoms with E-state index < -0.39 is 0 Å². The van der Waals surface area contributed by atoms with E-state index in [9.17, 15) is 4.79 Å². The number of hydrogen-bond donors (Lipinski definition) is 1. The van der Waals surface area contributed by atoms with E-state index in [1.807, 2.05) is 13.8 Å². The Balaban J connectivity index is 3.54. The number of hydrogen-bond acceptors (Lipinski definition) is 3. The fraction of sp³-hybridized carbons (Fsp3) is 0.875. The zero-order valence-corrected chi connectivity index (χ0v) is 7.71. The predicted molar refractivity (Wildman–Crippen MR) is 45.5 cm³/mol. The Kier molecular flexibility index (Phi) is 6.70. The van der Waals surface area contributed by atoms with E-state index in [1.54, 1.807) is 0 Å². The molecule has 2 N–H and O–H groups in total. The van der Waals surface area contributed by atoms with Crippen molar-refractivity contribution in [3.63, 3.8) is 0 Å². The molecule has 0 atom stereocenters. The summed E-state index contributed by atoms with van der Waals surface area (Å²) >= 11 is 0. The molecule has 0 fully saturated rings. The Hall–Kier alpha value is -0.610. The van der Waals surface area contributed by atoms with Crippen molar-refractivity contribution in [3.05, 3.63) is 0 Å². The molecule has 0 spiro atoms. The van der Waals surface area contributed by atoms with E-state index in [0.717, 1.165) is 0 Å². The maximum absolute atomic E-state index is 10.4. The standard InChI is InChI=1S/C8H17NO3/c1-3-11-8(12-4-2)6-5-7(9)10/h8H,3-6H2,1-2H3,(H2,9,10). The molecular weight excluding hydrogens is 158 g/mol. The van der Waals surface area contributed by atoms with E-state index in [1.165, 1.54) is 0 Å². The van der Waals surface area contributed by atoms with Gasteiger partial charge < -0.3 is 15.2 Å². The van der Waals surface area contributed by atoms with E-state index >= 15 is 0 Å². The normalized spacial score (nSPS) is 10.6. The van der Waals surface area contributed by atoms with Gasteiger partial charge in [-0.05, 0) is 13.8 Å². The molecule has 0 saturated carbocycles. The smallest absolute Gasteiger partial charge is 0.217 e. The van der Waals surface area contributed by atoms with E-state index in [4.69, 9.17) is 15.2 Å². The van der Waals surface area contributed by atoms with Crippen LogP contribution >= 0.6 is 0 Å². The highest BCUT2D eigenvalue weighted by Crippen LogP contribution is 2.03. The molecule has 0 aliphatic rings. The van der Waals surface area contributed by atoms with Gasteiger partial charge in [0.1, 0.15) is 0 Å². The van der Waals surface area contributed by atoms with Gasteiger partial charge in [0, 0.05) is 26.1 Å². The maximum atomic E-state index is 10.4. The highest BCUT2D eigenvalue weighted by atomic mass is 16.7. The summed E-state index contributed by atoms with van der Waals surface area (Å²) in [5.41, 5.74) is 4.98.